The minimum Gasteiger partial charge on any atom is -0.493 e. The molecule has 0 aliphatic carbocycles. The van der Waals surface area contributed by atoms with Crippen molar-refractivity contribution in [1.29, 1.82) is 0 Å². The number of nitrogens with one attached hydrogen (secondary N) is 1. The van der Waals surface area contributed by atoms with Gasteiger partial charge in [-0.1, -0.05) is 19.1 Å². The highest BCUT2D eigenvalue weighted by molar-refractivity contribution is 6.03. The van der Waals surface area contributed by atoms with E-state index in [9.17, 15) is 9.59 Å². The maximum Gasteiger partial charge on any atom is 0.229 e. The van der Waals surface area contributed by atoms with Crippen molar-refractivity contribution in [3.63, 3.8) is 0 Å². The summed E-state index contributed by atoms with van der Waals surface area (Å²) in [6.45, 7) is 4.89. The Kier molecular flexibility index (Phi) is 6.19. The van der Waals surface area contributed by atoms with Gasteiger partial charge < -0.3 is 19.7 Å². The summed E-state index contributed by atoms with van der Waals surface area (Å²) in [7, 11) is 1.56. The highest BCUT2D eigenvalue weighted by Gasteiger charge is 2.35. The largest absolute Gasteiger partial charge is 0.493 e. The van der Waals surface area contributed by atoms with Crippen molar-refractivity contribution in [3.05, 3.63) is 48.0 Å². The number of carbonyl (C=O) groups is 2. The zero-order valence-electron chi connectivity index (χ0n) is 16.5. The van der Waals surface area contributed by atoms with Gasteiger partial charge in [-0.25, -0.2) is 0 Å². The van der Waals surface area contributed by atoms with Crippen molar-refractivity contribution >= 4 is 23.2 Å². The number of amides is 2. The lowest BCUT2D eigenvalue weighted by Crippen LogP contribution is -2.28. The normalized spacial score (nSPS) is 16.2. The van der Waals surface area contributed by atoms with Crippen LogP contribution in [0.3, 0.4) is 0 Å². The molecule has 0 unspecified atom stereocenters. The first kappa shape index (κ1) is 19.7. The van der Waals surface area contributed by atoms with Crippen molar-refractivity contribution in [2.45, 2.75) is 26.7 Å². The smallest absolute Gasteiger partial charge is 0.229 e. The van der Waals surface area contributed by atoms with Gasteiger partial charge in [0.2, 0.25) is 11.8 Å². The van der Waals surface area contributed by atoms with Gasteiger partial charge in [-0.2, -0.15) is 0 Å². The molecule has 6 heteroatoms. The quantitative estimate of drug-likeness (QED) is 0.794. The number of nitrogens with zero attached hydrogens (tertiary/aromatic N) is 1. The van der Waals surface area contributed by atoms with Gasteiger partial charge in [-0.05, 0) is 43.2 Å². The number of hydrogen-bond donors (Lipinski definition) is 1. The molecule has 0 aromatic heterocycles. The van der Waals surface area contributed by atoms with E-state index in [4.69, 9.17) is 9.47 Å². The van der Waals surface area contributed by atoms with Gasteiger partial charge in [0.15, 0.2) is 11.5 Å². The number of methoxy groups -OCH3 is 1. The first-order valence-corrected chi connectivity index (χ1v) is 9.56. The van der Waals surface area contributed by atoms with E-state index in [2.05, 4.69) is 12.2 Å². The van der Waals surface area contributed by atoms with Crippen LogP contribution in [0.4, 0.5) is 11.4 Å². The fraction of sp³-hybridized carbons (Fsp3) is 0.364. The second kappa shape index (κ2) is 8.78. The molecule has 2 aromatic rings. The number of hydrogen-bond acceptors (Lipinski definition) is 4. The highest BCUT2D eigenvalue weighted by atomic mass is 16.5. The molecule has 148 valence electrons. The molecule has 6 nitrogen and oxygen atoms in total. The molecule has 2 aromatic carbocycles. The molecule has 0 spiro atoms. The van der Waals surface area contributed by atoms with Crippen molar-refractivity contribution in [2.75, 3.05) is 30.5 Å². The molecular weight excluding hydrogens is 356 g/mol. The maximum atomic E-state index is 12.7. The molecule has 1 fully saturated rings. The van der Waals surface area contributed by atoms with Gasteiger partial charge in [0.25, 0.3) is 0 Å². The van der Waals surface area contributed by atoms with Crippen LogP contribution < -0.4 is 19.7 Å². The average molecular weight is 382 g/mol. The van der Waals surface area contributed by atoms with Crippen LogP contribution in [0.2, 0.25) is 0 Å². The molecule has 0 radical (unpaired) electrons. The van der Waals surface area contributed by atoms with Gasteiger partial charge >= 0.3 is 0 Å². The number of benzene rings is 2. The molecule has 3 rings (SSSR count). The minimum atomic E-state index is -0.393. The molecule has 1 N–H and O–H groups in total. The Bertz CT molecular complexity index is 848. The molecule has 1 heterocycles. The number of aryl methyl sites for hydroxylation is 1. The van der Waals surface area contributed by atoms with Gasteiger partial charge in [0.1, 0.15) is 0 Å². The fourth-order valence-electron chi connectivity index (χ4n) is 3.31. The van der Waals surface area contributed by atoms with E-state index in [0.717, 1.165) is 12.1 Å². The second-order valence-electron chi connectivity index (χ2n) is 6.71. The average Bonchev–Trinajstić information content (AvgIpc) is 3.11. The lowest BCUT2D eigenvalue weighted by molar-refractivity contribution is -0.122. The summed E-state index contributed by atoms with van der Waals surface area (Å²) in [6.07, 6.45) is 1.15. The third kappa shape index (κ3) is 4.27. The molecule has 1 aliphatic heterocycles. The summed E-state index contributed by atoms with van der Waals surface area (Å²) >= 11 is 0. The zero-order valence-corrected chi connectivity index (χ0v) is 16.5. The van der Waals surface area contributed by atoms with Crippen molar-refractivity contribution in [1.82, 2.24) is 0 Å². The Labute approximate surface area is 165 Å². The van der Waals surface area contributed by atoms with Crippen LogP contribution in [0.25, 0.3) is 0 Å². The van der Waals surface area contributed by atoms with Gasteiger partial charge in [0.05, 0.1) is 19.6 Å². The summed E-state index contributed by atoms with van der Waals surface area (Å²) in [5, 5.41) is 2.89. The van der Waals surface area contributed by atoms with E-state index in [1.165, 1.54) is 5.56 Å². The van der Waals surface area contributed by atoms with E-state index in [-0.39, 0.29) is 18.2 Å². The summed E-state index contributed by atoms with van der Waals surface area (Å²) in [4.78, 5) is 26.8. The van der Waals surface area contributed by atoms with Gasteiger partial charge in [-0.3, -0.25) is 9.59 Å². The Morgan fingerprint density at radius 2 is 1.89 bits per heavy atom. The Morgan fingerprint density at radius 1 is 1.14 bits per heavy atom. The summed E-state index contributed by atoms with van der Waals surface area (Å²) in [6, 6.07) is 13.2. The zero-order chi connectivity index (χ0) is 20.1. The highest BCUT2D eigenvalue weighted by Crippen LogP contribution is 2.31. The molecule has 0 saturated carbocycles. The molecule has 0 bridgehead atoms. The Hall–Kier alpha value is -3.02. The second-order valence-corrected chi connectivity index (χ2v) is 6.71. The van der Waals surface area contributed by atoms with Crippen molar-refractivity contribution in [2.24, 2.45) is 5.92 Å². The third-order valence-corrected chi connectivity index (χ3v) is 4.88. The summed E-state index contributed by atoms with van der Waals surface area (Å²) in [5.74, 6) is 0.581. The molecule has 1 saturated heterocycles. The molecule has 2 amide bonds. The standard InChI is InChI=1S/C22H26N2O4/c1-4-15-6-9-18(10-7-15)24-14-16(12-21(24)25)22(26)23-17-8-11-19(28-5-2)20(13-17)27-3/h6-11,13,16H,4-5,12,14H2,1-3H3,(H,23,26)/t16-/m0/s1. The number of anilines is 2. The summed E-state index contributed by atoms with van der Waals surface area (Å²) < 4.78 is 10.8. The van der Waals surface area contributed by atoms with Crippen LogP contribution >= 0.6 is 0 Å². The molecule has 1 aliphatic rings. The first-order chi connectivity index (χ1) is 13.5. The lowest BCUT2D eigenvalue weighted by atomic mass is 10.1. The Morgan fingerprint density at radius 3 is 2.54 bits per heavy atom. The molecular formula is C22H26N2O4. The van der Waals surface area contributed by atoms with Gasteiger partial charge in [0, 0.05) is 30.4 Å². The fourth-order valence-corrected chi connectivity index (χ4v) is 3.31. The van der Waals surface area contributed by atoms with Crippen LogP contribution in [-0.2, 0) is 16.0 Å². The predicted molar refractivity (Wildman–Crippen MR) is 109 cm³/mol. The minimum absolute atomic E-state index is 0.0336. The molecule has 28 heavy (non-hydrogen) atoms. The van der Waals surface area contributed by atoms with E-state index in [1.54, 1.807) is 30.2 Å². The van der Waals surface area contributed by atoms with Crippen LogP contribution in [0.15, 0.2) is 42.5 Å². The number of rotatable bonds is 7. The van der Waals surface area contributed by atoms with E-state index < -0.39 is 5.92 Å². The lowest BCUT2D eigenvalue weighted by Gasteiger charge is -2.17. The number of carbonyl (C=O) groups excluding carboxylic acids is 2. The van der Waals surface area contributed by atoms with Crippen LogP contribution in [0.5, 0.6) is 11.5 Å². The first-order valence-electron chi connectivity index (χ1n) is 9.56. The maximum absolute atomic E-state index is 12.7. The monoisotopic (exact) mass is 382 g/mol. The van der Waals surface area contributed by atoms with E-state index in [1.807, 2.05) is 31.2 Å². The summed E-state index contributed by atoms with van der Waals surface area (Å²) in [5.41, 5.74) is 2.66. The van der Waals surface area contributed by atoms with Crippen molar-refractivity contribution < 1.29 is 19.1 Å². The Balaban J connectivity index is 1.67. The van der Waals surface area contributed by atoms with Crippen LogP contribution in [0.1, 0.15) is 25.8 Å². The number of ether oxygens (including phenoxy) is 2. The SMILES string of the molecule is CCOc1ccc(NC(=O)[C@H]2CC(=O)N(c3ccc(CC)cc3)C2)cc1OC. The topological polar surface area (TPSA) is 67.9 Å². The van der Waals surface area contributed by atoms with Crippen LogP contribution in [-0.4, -0.2) is 32.1 Å². The third-order valence-electron chi connectivity index (χ3n) is 4.88. The van der Waals surface area contributed by atoms with Gasteiger partial charge in [-0.15, -0.1) is 0 Å². The van der Waals surface area contributed by atoms with Crippen molar-refractivity contribution in [3.8, 4) is 11.5 Å². The predicted octanol–water partition coefficient (Wildman–Crippen LogP) is 3.65. The van der Waals surface area contributed by atoms with Crippen LogP contribution in [0, 0.1) is 5.92 Å². The molecule has 1 atom stereocenters. The van der Waals surface area contributed by atoms with E-state index >= 15 is 0 Å². The van der Waals surface area contributed by atoms with E-state index in [0.29, 0.717) is 30.3 Å².